The van der Waals surface area contributed by atoms with Crippen molar-refractivity contribution in [1.29, 1.82) is 0 Å². The van der Waals surface area contributed by atoms with Gasteiger partial charge in [-0.1, -0.05) is 0 Å². The minimum atomic E-state index is -2.88. The molecule has 0 spiro atoms. The van der Waals surface area contributed by atoms with Gasteiger partial charge >= 0.3 is 0 Å². The Kier molecular flexibility index (Phi) is 3.33. The van der Waals surface area contributed by atoms with Crippen LogP contribution >= 0.6 is 38.5 Å². The van der Waals surface area contributed by atoms with Crippen molar-refractivity contribution >= 4 is 38.5 Å². The number of halogens is 5. The van der Waals surface area contributed by atoms with Gasteiger partial charge in [-0.2, -0.15) is 0 Å². The summed E-state index contributed by atoms with van der Waals surface area (Å²) >= 11 is 4.55. The molecule has 66 valence electrons. The third kappa shape index (κ3) is 2.09. The second-order valence-electron chi connectivity index (χ2n) is 1.93. The van der Waals surface area contributed by atoms with Gasteiger partial charge in [0.05, 0.1) is 4.47 Å². The van der Waals surface area contributed by atoms with Crippen LogP contribution in [0.15, 0.2) is 10.5 Å². The average molecular weight is 352 g/mol. The summed E-state index contributed by atoms with van der Waals surface area (Å²) in [6.07, 6.45) is -2.88. The summed E-state index contributed by atoms with van der Waals surface area (Å²) in [6, 6.07) is 1.34. The molecule has 0 aliphatic heterocycles. The van der Waals surface area contributed by atoms with Crippen molar-refractivity contribution in [1.82, 2.24) is 4.98 Å². The van der Waals surface area contributed by atoms with Crippen molar-refractivity contribution in [3.8, 4) is 0 Å². The van der Waals surface area contributed by atoms with Crippen LogP contribution in [0.5, 0.6) is 0 Å². The highest BCUT2D eigenvalue weighted by Crippen LogP contribution is 2.26. The SMILES string of the molecule is Fc1c(Br)cc(I)nc1C(F)F. The molecule has 1 rings (SSSR count). The molecule has 1 nitrogen and oxygen atoms in total. The molecule has 12 heavy (non-hydrogen) atoms. The van der Waals surface area contributed by atoms with Gasteiger partial charge in [-0.25, -0.2) is 18.2 Å². The quantitative estimate of drug-likeness (QED) is 0.557. The van der Waals surface area contributed by atoms with E-state index in [1.807, 2.05) is 0 Å². The Morgan fingerprint density at radius 2 is 2.08 bits per heavy atom. The van der Waals surface area contributed by atoms with E-state index >= 15 is 0 Å². The molecule has 0 atom stereocenters. The molecule has 0 N–H and O–H groups in total. The molecule has 0 aliphatic carbocycles. The van der Waals surface area contributed by atoms with E-state index in [-0.39, 0.29) is 4.47 Å². The lowest BCUT2D eigenvalue weighted by Crippen LogP contribution is -1.98. The van der Waals surface area contributed by atoms with Gasteiger partial charge in [0, 0.05) is 0 Å². The maximum absolute atomic E-state index is 12.8. The summed E-state index contributed by atoms with van der Waals surface area (Å²) in [4.78, 5) is 3.36. The lowest BCUT2D eigenvalue weighted by atomic mass is 10.3. The summed E-state index contributed by atoms with van der Waals surface area (Å²) in [5.74, 6) is -0.995. The maximum Gasteiger partial charge on any atom is 0.283 e. The first-order valence-electron chi connectivity index (χ1n) is 2.82. The van der Waals surface area contributed by atoms with Crippen molar-refractivity contribution in [2.75, 3.05) is 0 Å². The Morgan fingerprint density at radius 1 is 1.50 bits per heavy atom. The molecule has 0 amide bonds. The highest BCUT2D eigenvalue weighted by Gasteiger charge is 2.18. The van der Waals surface area contributed by atoms with Gasteiger partial charge in [0.25, 0.3) is 6.43 Å². The Hall–Kier alpha value is 0.150. The lowest BCUT2D eigenvalue weighted by molar-refractivity contribution is 0.140. The van der Waals surface area contributed by atoms with Gasteiger partial charge in [0.2, 0.25) is 0 Å². The van der Waals surface area contributed by atoms with Crippen molar-refractivity contribution < 1.29 is 13.2 Å². The Morgan fingerprint density at radius 3 is 2.58 bits per heavy atom. The number of nitrogens with zero attached hydrogens (tertiary/aromatic N) is 1. The van der Waals surface area contributed by atoms with Gasteiger partial charge in [-0.3, -0.25) is 0 Å². The van der Waals surface area contributed by atoms with Gasteiger partial charge in [-0.05, 0) is 44.6 Å². The second kappa shape index (κ2) is 3.91. The molecular weight excluding hydrogens is 350 g/mol. The fraction of sp³-hybridized carbons (Fsp3) is 0.167. The van der Waals surface area contributed by atoms with Gasteiger partial charge in [0.1, 0.15) is 9.39 Å². The van der Waals surface area contributed by atoms with Crippen LogP contribution in [-0.4, -0.2) is 4.98 Å². The van der Waals surface area contributed by atoms with Crippen LogP contribution in [0.25, 0.3) is 0 Å². The molecule has 0 unspecified atom stereocenters. The molecule has 0 fully saturated rings. The van der Waals surface area contributed by atoms with E-state index in [1.165, 1.54) is 6.07 Å². The minimum absolute atomic E-state index is 0.0113. The number of hydrogen-bond donors (Lipinski definition) is 0. The van der Waals surface area contributed by atoms with E-state index in [9.17, 15) is 13.2 Å². The van der Waals surface area contributed by atoms with Crippen LogP contribution < -0.4 is 0 Å². The summed E-state index contributed by atoms with van der Waals surface area (Å²) in [5, 5.41) is 0. The molecule has 1 aromatic heterocycles. The number of alkyl halides is 2. The molecule has 0 radical (unpaired) electrons. The van der Waals surface area contributed by atoms with E-state index in [2.05, 4.69) is 20.9 Å². The predicted octanol–water partition coefficient (Wildman–Crippen LogP) is 3.53. The van der Waals surface area contributed by atoms with Crippen LogP contribution in [0.3, 0.4) is 0 Å². The zero-order valence-electron chi connectivity index (χ0n) is 5.49. The summed E-state index contributed by atoms with van der Waals surface area (Å²) < 4.78 is 37.3. The third-order valence-electron chi connectivity index (χ3n) is 1.11. The monoisotopic (exact) mass is 351 g/mol. The fourth-order valence-electron chi connectivity index (χ4n) is 0.631. The molecule has 0 bridgehead atoms. The standard InChI is InChI=1S/C6H2BrF3IN/c7-2-1-3(11)12-5(4(2)8)6(9)10/h1,6H. The van der Waals surface area contributed by atoms with Crippen LogP contribution in [-0.2, 0) is 0 Å². The van der Waals surface area contributed by atoms with E-state index < -0.39 is 17.9 Å². The zero-order valence-corrected chi connectivity index (χ0v) is 9.24. The first kappa shape index (κ1) is 10.2. The van der Waals surface area contributed by atoms with Crippen molar-refractivity contribution in [3.05, 3.63) is 25.8 Å². The highest BCUT2D eigenvalue weighted by atomic mass is 127. The van der Waals surface area contributed by atoms with Crippen LogP contribution in [0.1, 0.15) is 12.1 Å². The van der Waals surface area contributed by atoms with Crippen molar-refractivity contribution in [2.45, 2.75) is 6.43 Å². The number of aromatic nitrogens is 1. The van der Waals surface area contributed by atoms with Gasteiger partial charge in [-0.15, -0.1) is 0 Å². The molecule has 6 heteroatoms. The van der Waals surface area contributed by atoms with E-state index in [0.29, 0.717) is 3.70 Å². The van der Waals surface area contributed by atoms with Crippen LogP contribution in [0, 0.1) is 9.52 Å². The molecule has 0 saturated heterocycles. The summed E-state index contributed by atoms with van der Waals surface area (Å²) in [7, 11) is 0. The van der Waals surface area contributed by atoms with Gasteiger partial charge in [0.15, 0.2) is 5.82 Å². The Balaban J connectivity index is 3.28. The first-order valence-corrected chi connectivity index (χ1v) is 4.69. The number of rotatable bonds is 1. The Labute approximate surface area is 88.6 Å². The average Bonchev–Trinajstić information content (AvgIpc) is 1.96. The highest BCUT2D eigenvalue weighted by molar-refractivity contribution is 14.1. The molecule has 0 aliphatic rings. The van der Waals surface area contributed by atoms with E-state index in [1.54, 1.807) is 22.6 Å². The predicted molar refractivity (Wildman–Crippen MR) is 49.6 cm³/mol. The Bertz CT molecular complexity index is 305. The molecular formula is C6H2BrF3IN. The first-order chi connectivity index (χ1) is 5.52. The largest absolute Gasteiger partial charge is 0.283 e. The van der Waals surface area contributed by atoms with Crippen molar-refractivity contribution in [2.24, 2.45) is 0 Å². The third-order valence-corrected chi connectivity index (χ3v) is 2.24. The van der Waals surface area contributed by atoms with E-state index in [0.717, 1.165) is 0 Å². The van der Waals surface area contributed by atoms with Crippen LogP contribution in [0.4, 0.5) is 13.2 Å². The number of pyridine rings is 1. The minimum Gasteiger partial charge on any atom is -0.238 e. The molecule has 0 aromatic carbocycles. The topological polar surface area (TPSA) is 12.9 Å². The van der Waals surface area contributed by atoms with Crippen molar-refractivity contribution in [3.63, 3.8) is 0 Å². The normalized spacial score (nSPS) is 10.8. The summed E-state index contributed by atoms with van der Waals surface area (Å²) in [5.41, 5.74) is -0.811. The summed E-state index contributed by atoms with van der Waals surface area (Å²) in [6.45, 7) is 0. The van der Waals surface area contributed by atoms with Gasteiger partial charge < -0.3 is 0 Å². The number of hydrogen-bond acceptors (Lipinski definition) is 1. The second-order valence-corrected chi connectivity index (χ2v) is 3.89. The lowest BCUT2D eigenvalue weighted by Gasteiger charge is -2.02. The zero-order chi connectivity index (χ0) is 9.30. The molecule has 1 aromatic rings. The fourth-order valence-corrected chi connectivity index (χ4v) is 2.05. The van der Waals surface area contributed by atoms with Crippen LogP contribution in [0.2, 0.25) is 0 Å². The smallest absolute Gasteiger partial charge is 0.238 e. The molecule has 0 saturated carbocycles. The maximum atomic E-state index is 12.8. The molecule has 1 heterocycles. The van der Waals surface area contributed by atoms with E-state index in [4.69, 9.17) is 0 Å².